The van der Waals surface area contributed by atoms with Crippen LogP contribution in [-0.4, -0.2) is 42.2 Å². The van der Waals surface area contributed by atoms with Gasteiger partial charge in [0, 0.05) is 19.1 Å². The second-order valence-corrected chi connectivity index (χ2v) is 9.84. The summed E-state index contributed by atoms with van der Waals surface area (Å²) in [4.78, 5) is 28.4. The molecule has 0 saturated heterocycles. The summed E-state index contributed by atoms with van der Waals surface area (Å²) in [6.45, 7) is 8.29. The Morgan fingerprint density at radius 3 is 2.58 bits per heavy atom. The van der Waals surface area contributed by atoms with E-state index in [1.54, 1.807) is 0 Å². The molecule has 0 aromatic carbocycles. The molecule has 3 heterocycles. The standard InChI is InChI=1S/C23H34N8O2/c1-4-24-22-28-19-17(31(22)12-15-10-8-13(2)9-11-15)18(25-14(3)16-6-5-7-16)26-20(27-19)21-29-23(32)33-30-21/h13-16H,4-12H2,1-3H3,(H,29,30,32)(H2,24,25,26,27,28)/t13?,14-,15?/m1/s1. The van der Waals surface area contributed by atoms with Gasteiger partial charge in [-0.05, 0) is 57.3 Å². The zero-order valence-corrected chi connectivity index (χ0v) is 19.7. The molecule has 0 aliphatic heterocycles. The quantitative estimate of drug-likeness (QED) is 0.466. The van der Waals surface area contributed by atoms with Crippen LogP contribution in [0, 0.1) is 17.8 Å². The second-order valence-electron chi connectivity index (χ2n) is 9.84. The zero-order valence-electron chi connectivity index (χ0n) is 19.7. The number of H-pyrrole nitrogens is 1. The third-order valence-corrected chi connectivity index (χ3v) is 7.39. The van der Waals surface area contributed by atoms with Gasteiger partial charge in [-0.15, -0.1) is 0 Å². The smallest absolute Gasteiger partial charge is 0.365 e. The van der Waals surface area contributed by atoms with Gasteiger partial charge in [0.2, 0.25) is 17.6 Å². The van der Waals surface area contributed by atoms with E-state index in [1.807, 2.05) is 0 Å². The van der Waals surface area contributed by atoms with Crippen molar-refractivity contribution in [3.05, 3.63) is 10.6 Å². The van der Waals surface area contributed by atoms with Crippen molar-refractivity contribution in [3.63, 3.8) is 0 Å². The minimum atomic E-state index is -0.628. The maximum absolute atomic E-state index is 11.5. The van der Waals surface area contributed by atoms with E-state index < -0.39 is 5.76 Å². The molecule has 2 aliphatic rings. The molecular formula is C23H34N8O2. The number of aromatic amines is 1. The van der Waals surface area contributed by atoms with Crippen molar-refractivity contribution < 1.29 is 4.52 Å². The molecule has 10 heteroatoms. The lowest BCUT2D eigenvalue weighted by molar-refractivity contribution is 0.267. The van der Waals surface area contributed by atoms with Gasteiger partial charge in [0.25, 0.3) is 0 Å². The van der Waals surface area contributed by atoms with Gasteiger partial charge in [0.15, 0.2) is 11.5 Å². The first-order valence-electron chi connectivity index (χ1n) is 12.4. The monoisotopic (exact) mass is 454 g/mol. The molecule has 0 spiro atoms. The lowest BCUT2D eigenvalue weighted by atomic mass is 9.80. The normalized spacial score (nSPS) is 22.3. The fraction of sp³-hybridized carbons (Fsp3) is 0.696. The Balaban J connectivity index is 1.59. The Hall–Kier alpha value is -2.91. The number of nitrogens with zero attached hydrogens (tertiary/aromatic N) is 5. The zero-order chi connectivity index (χ0) is 22.9. The number of hydrogen-bond acceptors (Lipinski definition) is 8. The summed E-state index contributed by atoms with van der Waals surface area (Å²) >= 11 is 0. The van der Waals surface area contributed by atoms with Gasteiger partial charge < -0.3 is 15.2 Å². The van der Waals surface area contributed by atoms with E-state index in [0.717, 1.165) is 36.3 Å². The minimum Gasteiger partial charge on any atom is -0.365 e. The van der Waals surface area contributed by atoms with Gasteiger partial charge in [0.1, 0.15) is 5.52 Å². The summed E-state index contributed by atoms with van der Waals surface area (Å²) in [5, 5.41) is 10.9. The van der Waals surface area contributed by atoms with Crippen LogP contribution in [0.3, 0.4) is 0 Å². The third-order valence-electron chi connectivity index (χ3n) is 7.39. The van der Waals surface area contributed by atoms with Crippen molar-refractivity contribution in [3.8, 4) is 11.6 Å². The first-order valence-corrected chi connectivity index (χ1v) is 12.4. The molecule has 10 nitrogen and oxygen atoms in total. The Morgan fingerprint density at radius 2 is 1.94 bits per heavy atom. The highest BCUT2D eigenvalue weighted by Crippen LogP contribution is 2.35. The lowest BCUT2D eigenvalue weighted by Gasteiger charge is -2.32. The molecule has 0 amide bonds. The maximum atomic E-state index is 11.5. The largest absolute Gasteiger partial charge is 0.439 e. The van der Waals surface area contributed by atoms with Crippen LogP contribution in [0.25, 0.3) is 22.8 Å². The number of fused-ring (bicyclic) bond motifs is 1. The van der Waals surface area contributed by atoms with Gasteiger partial charge in [-0.3, -0.25) is 9.51 Å². The molecule has 3 aromatic heterocycles. The van der Waals surface area contributed by atoms with Crippen LogP contribution in [0.1, 0.15) is 65.7 Å². The van der Waals surface area contributed by atoms with Gasteiger partial charge in [-0.25, -0.2) is 14.8 Å². The first kappa shape index (κ1) is 21.9. The molecular weight excluding hydrogens is 420 g/mol. The third kappa shape index (κ3) is 4.47. The summed E-state index contributed by atoms with van der Waals surface area (Å²) in [6, 6.07) is 0.280. The van der Waals surface area contributed by atoms with E-state index in [-0.39, 0.29) is 11.9 Å². The average Bonchev–Trinajstić information content (AvgIpc) is 3.32. The Labute approximate surface area is 193 Å². The molecule has 0 unspecified atom stereocenters. The molecule has 33 heavy (non-hydrogen) atoms. The minimum absolute atomic E-state index is 0.210. The molecule has 2 aliphatic carbocycles. The van der Waals surface area contributed by atoms with Crippen molar-refractivity contribution in [2.24, 2.45) is 17.8 Å². The fourth-order valence-corrected chi connectivity index (χ4v) is 5.08. The molecule has 2 fully saturated rings. The highest BCUT2D eigenvalue weighted by Gasteiger charge is 2.28. The Morgan fingerprint density at radius 1 is 1.15 bits per heavy atom. The van der Waals surface area contributed by atoms with E-state index in [1.165, 1.54) is 44.9 Å². The lowest BCUT2D eigenvalue weighted by Crippen LogP contribution is -2.31. The van der Waals surface area contributed by atoms with Crippen LogP contribution in [0.15, 0.2) is 9.32 Å². The molecule has 178 valence electrons. The number of anilines is 2. The summed E-state index contributed by atoms with van der Waals surface area (Å²) in [5.41, 5.74) is 1.50. The van der Waals surface area contributed by atoms with Crippen LogP contribution in [0.2, 0.25) is 0 Å². The van der Waals surface area contributed by atoms with Gasteiger partial charge in [0.05, 0.1) is 0 Å². The predicted molar refractivity (Wildman–Crippen MR) is 127 cm³/mol. The van der Waals surface area contributed by atoms with E-state index >= 15 is 0 Å². The van der Waals surface area contributed by atoms with Crippen molar-refractivity contribution in [2.45, 2.75) is 78.3 Å². The topological polar surface area (TPSA) is 127 Å². The number of hydrogen-bond donors (Lipinski definition) is 3. The number of rotatable bonds is 8. The fourth-order valence-electron chi connectivity index (χ4n) is 5.08. The number of imidazole rings is 1. The van der Waals surface area contributed by atoms with Crippen LogP contribution in [0.5, 0.6) is 0 Å². The number of aromatic nitrogens is 6. The number of nitrogens with one attached hydrogen (secondary N) is 3. The van der Waals surface area contributed by atoms with Crippen LogP contribution in [0.4, 0.5) is 11.8 Å². The molecule has 0 radical (unpaired) electrons. The summed E-state index contributed by atoms with van der Waals surface area (Å²) in [7, 11) is 0. The molecule has 3 aromatic rings. The Kier molecular flexibility index (Phi) is 6.07. The summed E-state index contributed by atoms with van der Waals surface area (Å²) in [6.07, 6.45) is 8.75. The van der Waals surface area contributed by atoms with E-state index in [4.69, 9.17) is 14.5 Å². The van der Waals surface area contributed by atoms with Crippen LogP contribution in [-0.2, 0) is 6.54 Å². The molecule has 2 saturated carbocycles. The van der Waals surface area contributed by atoms with Gasteiger partial charge in [-0.1, -0.05) is 31.3 Å². The van der Waals surface area contributed by atoms with Crippen LogP contribution >= 0.6 is 0 Å². The van der Waals surface area contributed by atoms with Crippen molar-refractivity contribution in [1.82, 2.24) is 29.7 Å². The highest BCUT2D eigenvalue weighted by molar-refractivity contribution is 5.87. The van der Waals surface area contributed by atoms with E-state index in [2.05, 4.69) is 51.1 Å². The highest BCUT2D eigenvalue weighted by atomic mass is 16.5. The predicted octanol–water partition coefficient (Wildman–Crippen LogP) is 4.03. The maximum Gasteiger partial charge on any atom is 0.439 e. The van der Waals surface area contributed by atoms with Crippen molar-refractivity contribution in [1.29, 1.82) is 0 Å². The Bertz CT molecular complexity index is 1150. The summed E-state index contributed by atoms with van der Waals surface area (Å²) < 4.78 is 6.95. The first-order chi connectivity index (χ1) is 16.0. The van der Waals surface area contributed by atoms with Crippen molar-refractivity contribution in [2.75, 3.05) is 17.2 Å². The molecule has 5 rings (SSSR count). The molecule has 3 N–H and O–H groups in total. The van der Waals surface area contributed by atoms with Crippen molar-refractivity contribution >= 4 is 22.9 Å². The van der Waals surface area contributed by atoms with E-state index in [9.17, 15) is 4.79 Å². The van der Waals surface area contributed by atoms with Crippen LogP contribution < -0.4 is 16.4 Å². The second kappa shape index (κ2) is 9.15. The van der Waals surface area contributed by atoms with Gasteiger partial charge >= 0.3 is 5.76 Å². The molecule has 1 atom stereocenters. The van der Waals surface area contributed by atoms with Gasteiger partial charge in [-0.2, -0.15) is 4.98 Å². The SMILES string of the molecule is CCNc1nc2nc(-c3noc(=O)[nH]3)nc(N[C@H](C)C3CCC3)c2n1CC1CCC(C)CC1. The summed E-state index contributed by atoms with van der Waals surface area (Å²) in [5.74, 6) is 3.48. The van der Waals surface area contributed by atoms with E-state index in [0.29, 0.717) is 23.3 Å². The molecule has 0 bridgehead atoms. The average molecular weight is 455 g/mol.